The molecule has 6 heteroatoms. The fourth-order valence-corrected chi connectivity index (χ4v) is 5.19. The molecule has 0 N–H and O–H groups in total. The normalized spacial score (nSPS) is 16.8. The van der Waals surface area contributed by atoms with Crippen molar-refractivity contribution in [2.75, 3.05) is 20.2 Å². The number of hydrogen-bond acceptors (Lipinski definition) is 3. The number of piperidine rings is 1. The van der Waals surface area contributed by atoms with Gasteiger partial charge >= 0.3 is 0 Å². The standard InChI is InChI=1S/C27H29FN2O3/c1-18-16-19(7-9-21(18)26(2,3)32-4)25(31)29-14-11-27(12-15-29)24-6-5-13-30(24)22-10-8-20(28)17-23(22)33-27/h5-10,13,16-17H,11-12,14-15H2,1-4H3. The lowest BCUT2D eigenvalue weighted by Crippen LogP contribution is -2.50. The molecule has 2 aliphatic rings. The monoisotopic (exact) mass is 448 g/mol. The van der Waals surface area contributed by atoms with E-state index in [-0.39, 0.29) is 11.7 Å². The number of nitrogens with zero attached hydrogens (tertiary/aromatic N) is 2. The highest BCUT2D eigenvalue weighted by Gasteiger charge is 2.44. The number of aryl methyl sites for hydroxylation is 1. The molecule has 1 saturated heterocycles. The van der Waals surface area contributed by atoms with Crippen LogP contribution < -0.4 is 4.74 Å². The second-order valence-electron chi connectivity index (χ2n) is 9.51. The smallest absolute Gasteiger partial charge is 0.253 e. The third-order valence-electron chi connectivity index (χ3n) is 7.19. The van der Waals surface area contributed by atoms with Crippen LogP contribution in [0, 0.1) is 12.7 Å². The molecule has 1 spiro atoms. The number of likely N-dealkylation sites (tertiary alicyclic amines) is 1. The van der Waals surface area contributed by atoms with E-state index in [4.69, 9.17) is 9.47 Å². The van der Waals surface area contributed by atoms with E-state index < -0.39 is 11.2 Å². The Hall–Kier alpha value is -3.12. The summed E-state index contributed by atoms with van der Waals surface area (Å²) in [6.07, 6.45) is 3.28. The minimum atomic E-state index is -0.566. The molecule has 2 aromatic carbocycles. The van der Waals surface area contributed by atoms with E-state index in [1.807, 2.05) is 56.1 Å². The average Bonchev–Trinajstić information content (AvgIpc) is 3.30. The number of ether oxygens (including phenoxy) is 2. The highest BCUT2D eigenvalue weighted by atomic mass is 19.1. The number of amides is 1. The second-order valence-corrected chi connectivity index (χ2v) is 9.51. The summed E-state index contributed by atoms with van der Waals surface area (Å²) in [5, 5.41) is 0. The lowest BCUT2D eigenvalue weighted by Gasteiger charge is -2.45. The van der Waals surface area contributed by atoms with Crippen molar-refractivity contribution < 1.29 is 18.7 Å². The van der Waals surface area contributed by atoms with Gasteiger partial charge in [-0.15, -0.1) is 0 Å². The Kier molecular flexibility index (Phi) is 5.09. The maximum Gasteiger partial charge on any atom is 0.253 e. The van der Waals surface area contributed by atoms with Gasteiger partial charge in [-0.2, -0.15) is 0 Å². The van der Waals surface area contributed by atoms with Crippen LogP contribution in [0.3, 0.4) is 0 Å². The lowest BCUT2D eigenvalue weighted by molar-refractivity contribution is -0.00953. The Morgan fingerprint density at radius 1 is 1.12 bits per heavy atom. The van der Waals surface area contributed by atoms with Crippen LogP contribution in [0.5, 0.6) is 5.75 Å². The predicted octanol–water partition coefficient (Wildman–Crippen LogP) is 5.33. The Morgan fingerprint density at radius 2 is 1.88 bits per heavy atom. The fraction of sp³-hybridized carbons (Fsp3) is 0.370. The van der Waals surface area contributed by atoms with Crippen LogP contribution in [0.15, 0.2) is 54.7 Å². The summed E-state index contributed by atoms with van der Waals surface area (Å²) in [7, 11) is 1.69. The summed E-state index contributed by atoms with van der Waals surface area (Å²) >= 11 is 0. The van der Waals surface area contributed by atoms with Gasteiger partial charge in [0.25, 0.3) is 5.91 Å². The predicted molar refractivity (Wildman–Crippen MR) is 124 cm³/mol. The first-order chi connectivity index (χ1) is 15.7. The highest BCUT2D eigenvalue weighted by molar-refractivity contribution is 5.94. The Bertz CT molecular complexity index is 1220. The van der Waals surface area contributed by atoms with Gasteiger partial charge in [-0.25, -0.2) is 4.39 Å². The molecule has 33 heavy (non-hydrogen) atoms. The highest BCUT2D eigenvalue weighted by Crippen LogP contribution is 2.45. The Morgan fingerprint density at radius 3 is 2.58 bits per heavy atom. The maximum atomic E-state index is 13.9. The number of aromatic nitrogens is 1. The van der Waals surface area contributed by atoms with Crippen molar-refractivity contribution in [2.24, 2.45) is 0 Å². The molecule has 5 nitrogen and oxygen atoms in total. The van der Waals surface area contributed by atoms with E-state index >= 15 is 0 Å². The van der Waals surface area contributed by atoms with Gasteiger partial charge in [0.1, 0.15) is 11.6 Å². The molecule has 172 valence electrons. The number of hydrogen-bond donors (Lipinski definition) is 0. The molecular weight excluding hydrogens is 419 g/mol. The van der Waals surface area contributed by atoms with E-state index in [1.54, 1.807) is 13.2 Å². The minimum Gasteiger partial charge on any atom is -0.479 e. The van der Waals surface area contributed by atoms with Gasteiger partial charge in [-0.05, 0) is 68.3 Å². The average molecular weight is 449 g/mol. The number of halogens is 1. The quantitative estimate of drug-likeness (QED) is 0.544. The largest absolute Gasteiger partial charge is 0.479 e. The van der Waals surface area contributed by atoms with Crippen molar-refractivity contribution in [1.82, 2.24) is 9.47 Å². The molecule has 3 aromatic rings. The maximum absolute atomic E-state index is 13.9. The Balaban J connectivity index is 1.37. The Labute approximate surface area is 193 Å². The van der Waals surface area contributed by atoms with Crippen molar-refractivity contribution in [3.05, 3.63) is 82.9 Å². The van der Waals surface area contributed by atoms with Crippen LogP contribution in [0.2, 0.25) is 0 Å². The molecular formula is C27H29FN2O3. The van der Waals surface area contributed by atoms with E-state index in [9.17, 15) is 9.18 Å². The van der Waals surface area contributed by atoms with Crippen molar-refractivity contribution in [2.45, 2.75) is 44.8 Å². The molecule has 1 fully saturated rings. The van der Waals surface area contributed by atoms with Crippen molar-refractivity contribution in [3.63, 3.8) is 0 Å². The summed E-state index contributed by atoms with van der Waals surface area (Å²) in [6, 6.07) is 14.5. The van der Waals surface area contributed by atoms with Gasteiger partial charge in [0.05, 0.1) is 17.0 Å². The third kappa shape index (κ3) is 3.53. The fourth-order valence-electron chi connectivity index (χ4n) is 5.19. The number of carbonyl (C=O) groups excluding carboxylic acids is 1. The first-order valence-corrected chi connectivity index (χ1v) is 11.4. The van der Waals surface area contributed by atoms with Gasteiger partial charge in [0.15, 0.2) is 5.60 Å². The zero-order valence-electron chi connectivity index (χ0n) is 19.5. The van der Waals surface area contributed by atoms with Crippen LogP contribution in [-0.2, 0) is 15.9 Å². The summed E-state index contributed by atoms with van der Waals surface area (Å²) in [6.45, 7) is 7.19. The molecule has 5 rings (SSSR count). The molecule has 1 aromatic heterocycles. The van der Waals surface area contributed by atoms with Crippen LogP contribution in [-0.4, -0.2) is 35.6 Å². The summed E-state index contributed by atoms with van der Waals surface area (Å²) in [5.74, 6) is 0.250. The van der Waals surface area contributed by atoms with Crippen molar-refractivity contribution in [1.29, 1.82) is 0 Å². The number of rotatable bonds is 3. The second kappa shape index (κ2) is 7.73. The number of carbonyl (C=O) groups is 1. The molecule has 0 bridgehead atoms. The van der Waals surface area contributed by atoms with Gasteiger partial charge in [-0.1, -0.05) is 6.07 Å². The molecule has 2 aliphatic heterocycles. The molecule has 0 aliphatic carbocycles. The van der Waals surface area contributed by atoms with E-state index in [0.717, 1.165) is 22.5 Å². The summed E-state index contributed by atoms with van der Waals surface area (Å²) in [4.78, 5) is 15.2. The van der Waals surface area contributed by atoms with Crippen LogP contribution in [0.1, 0.15) is 53.9 Å². The van der Waals surface area contributed by atoms with Gasteiger partial charge < -0.3 is 18.9 Å². The van der Waals surface area contributed by atoms with Gasteiger partial charge in [0.2, 0.25) is 0 Å². The molecule has 0 saturated carbocycles. The molecule has 0 unspecified atom stereocenters. The lowest BCUT2D eigenvalue weighted by atomic mass is 9.86. The number of fused-ring (bicyclic) bond motifs is 4. The first kappa shape index (κ1) is 21.7. The minimum absolute atomic E-state index is 0.0207. The van der Waals surface area contributed by atoms with Crippen molar-refractivity contribution >= 4 is 5.91 Å². The molecule has 0 atom stereocenters. The first-order valence-electron chi connectivity index (χ1n) is 11.4. The van der Waals surface area contributed by atoms with Crippen LogP contribution in [0.25, 0.3) is 5.69 Å². The summed E-state index contributed by atoms with van der Waals surface area (Å²) in [5.41, 5.74) is 3.70. The summed E-state index contributed by atoms with van der Waals surface area (Å²) < 4.78 is 28.0. The number of benzene rings is 2. The zero-order valence-corrected chi connectivity index (χ0v) is 19.5. The van der Waals surface area contributed by atoms with Crippen LogP contribution in [0.4, 0.5) is 4.39 Å². The number of methoxy groups -OCH3 is 1. The zero-order chi connectivity index (χ0) is 23.4. The third-order valence-corrected chi connectivity index (χ3v) is 7.19. The van der Waals surface area contributed by atoms with Gasteiger partial charge in [0, 0.05) is 50.9 Å². The van der Waals surface area contributed by atoms with Crippen molar-refractivity contribution in [3.8, 4) is 11.4 Å². The van der Waals surface area contributed by atoms with E-state index in [1.165, 1.54) is 12.1 Å². The molecule has 0 radical (unpaired) electrons. The topological polar surface area (TPSA) is 43.7 Å². The van der Waals surface area contributed by atoms with E-state index in [2.05, 4.69) is 10.6 Å². The molecule has 3 heterocycles. The van der Waals surface area contributed by atoms with E-state index in [0.29, 0.717) is 37.2 Å². The van der Waals surface area contributed by atoms with Gasteiger partial charge in [-0.3, -0.25) is 4.79 Å². The SMILES string of the molecule is COC(C)(C)c1ccc(C(=O)N2CCC3(CC2)Oc2cc(F)ccc2-n2cccc23)cc1C. The molecule has 1 amide bonds. The van der Waals surface area contributed by atoms with Crippen LogP contribution >= 0.6 is 0 Å².